The minimum atomic E-state index is 0.657. The van der Waals surface area contributed by atoms with Crippen molar-refractivity contribution in [3.63, 3.8) is 0 Å². The van der Waals surface area contributed by atoms with Crippen LogP contribution in [0.3, 0.4) is 0 Å². The highest BCUT2D eigenvalue weighted by Gasteiger charge is 2.11. The summed E-state index contributed by atoms with van der Waals surface area (Å²) in [5.74, 6) is 2.15. The van der Waals surface area contributed by atoms with Crippen LogP contribution in [0.4, 0.5) is 5.95 Å². The van der Waals surface area contributed by atoms with Crippen molar-refractivity contribution in [2.75, 3.05) is 19.5 Å². The van der Waals surface area contributed by atoms with Crippen molar-refractivity contribution in [1.29, 1.82) is 0 Å². The van der Waals surface area contributed by atoms with Crippen LogP contribution in [0.15, 0.2) is 24.3 Å². The number of aromatic nitrogens is 3. The Kier molecular flexibility index (Phi) is 2.76. The minimum absolute atomic E-state index is 0.657. The number of rotatable bonds is 3. The summed E-state index contributed by atoms with van der Waals surface area (Å²) in [5, 5.41) is 7.29. The second-order valence-corrected chi connectivity index (χ2v) is 3.33. The Morgan fingerprint density at radius 1 is 1.31 bits per heavy atom. The average Bonchev–Trinajstić information content (AvgIpc) is 2.70. The SMILES string of the molecule is CNc1nc(-c2ccccc2OC)nn1C. The molecule has 0 aliphatic heterocycles. The highest BCUT2D eigenvalue weighted by atomic mass is 16.5. The topological polar surface area (TPSA) is 52.0 Å². The van der Waals surface area contributed by atoms with Crippen molar-refractivity contribution in [2.45, 2.75) is 0 Å². The highest BCUT2D eigenvalue weighted by molar-refractivity contribution is 5.64. The number of benzene rings is 1. The van der Waals surface area contributed by atoms with Crippen LogP contribution in [0.25, 0.3) is 11.4 Å². The first-order chi connectivity index (χ1) is 7.76. The van der Waals surface area contributed by atoms with E-state index in [1.807, 2.05) is 38.4 Å². The number of hydrogen-bond acceptors (Lipinski definition) is 4. The third-order valence-electron chi connectivity index (χ3n) is 2.33. The van der Waals surface area contributed by atoms with Crippen molar-refractivity contribution < 1.29 is 4.74 Å². The van der Waals surface area contributed by atoms with Crippen molar-refractivity contribution >= 4 is 5.95 Å². The first-order valence-corrected chi connectivity index (χ1v) is 4.98. The lowest BCUT2D eigenvalue weighted by molar-refractivity contribution is 0.416. The molecule has 2 rings (SSSR count). The molecule has 5 heteroatoms. The third kappa shape index (κ3) is 1.71. The van der Waals surface area contributed by atoms with Gasteiger partial charge in [-0.25, -0.2) is 4.68 Å². The Morgan fingerprint density at radius 3 is 2.69 bits per heavy atom. The zero-order valence-corrected chi connectivity index (χ0v) is 9.56. The minimum Gasteiger partial charge on any atom is -0.496 e. The number of ether oxygens (including phenoxy) is 1. The van der Waals surface area contributed by atoms with E-state index in [-0.39, 0.29) is 0 Å². The van der Waals surface area contributed by atoms with Gasteiger partial charge in [0.1, 0.15) is 5.75 Å². The van der Waals surface area contributed by atoms with Gasteiger partial charge in [0.05, 0.1) is 12.7 Å². The summed E-state index contributed by atoms with van der Waals surface area (Å²) in [6, 6.07) is 7.69. The Bertz CT molecular complexity index is 492. The number of hydrogen-bond donors (Lipinski definition) is 1. The molecule has 0 fully saturated rings. The largest absolute Gasteiger partial charge is 0.496 e. The molecular formula is C11H14N4O. The maximum atomic E-state index is 5.27. The predicted octanol–water partition coefficient (Wildman–Crippen LogP) is 1.53. The van der Waals surface area contributed by atoms with E-state index < -0.39 is 0 Å². The molecule has 0 aliphatic rings. The molecule has 16 heavy (non-hydrogen) atoms. The molecule has 1 aromatic carbocycles. The molecular weight excluding hydrogens is 204 g/mol. The molecule has 84 valence electrons. The van der Waals surface area contributed by atoms with Gasteiger partial charge in [-0.1, -0.05) is 12.1 Å². The van der Waals surface area contributed by atoms with Gasteiger partial charge in [0.2, 0.25) is 5.95 Å². The summed E-state index contributed by atoms with van der Waals surface area (Å²) in [6.45, 7) is 0. The standard InChI is InChI=1S/C11H14N4O/c1-12-11-13-10(14-15(11)2)8-6-4-5-7-9(8)16-3/h4-7H,1-3H3,(H,12,13,14). The highest BCUT2D eigenvalue weighted by Crippen LogP contribution is 2.27. The molecule has 0 radical (unpaired) electrons. The van der Waals surface area contributed by atoms with Gasteiger partial charge in [-0.05, 0) is 12.1 Å². The number of methoxy groups -OCH3 is 1. The lowest BCUT2D eigenvalue weighted by Crippen LogP contribution is -1.98. The van der Waals surface area contributed by atoms with Gasteiger partial charge in [0.15, 0.2) is 5.82 Å². The van der Waals surface area contributed by atoms with Crippen LogP contribution in [0.1, 0.15) is 0 Å². The molecule has 0 saturated heterocycles. The van der Waals surface area contributed by atoms with Crippen molar-refractivity contribution in [3.8, 4) is 17.1 Å². The fourth-order valence-corrected chi connectivity index (χ4v) is 1.55. The summed E-state index contributed by atoms with van der Waals surface area (Å²) >= 11 is 0. The molecule has 0 bridgehead atoms. The molecule has 0 unspecified atom stereocenters. The fraction of sp³-hybridized carbons (Fsp3) is 0.273. The number of anilines is 1. The first-order valence-electron chi connectivity index (χ1n) is 4.98. The Hall–Kier alpha value is -2.04. The number of aryl methyl sites for hydroxylation is 1. The summed E-state index contributed by atoms with van der Waals surface area (Å²) in [4.78, 5) is 4.37. The van der Waals surface area contributed by atoms with Crippen LogP contribution in [-0.2, 0) is 7.05 Å². The number of nitrogens with one attached hydrogen (secondary N) is 1. The average molecular weight is 218 g/mol. The van der Waals surface area contributed by atoms with Crippen molar-refractivity contribution in [3.05, 3.63) is 24.3 Å². The monoisotopic (exact) mass is 218 g/mol. The fourth-order valence-electron chi connectivity index (χ4n) is 1.55. The van der Waals surface area contributed by atoms with E-state index in [1.54, 1.807) is 11.8 Å². The Morgan fingerprint density at radius 2 is 2.06 bits per heavy atom. The molecule has 5 nitrogen and oxygen atoms in total. The molecule has 0 saturated carbocycles. The van der Waals surface area contributed by atoms with Crippen LogP contribution in [-0.4, -0.2) is 28.9 Å². The van der Waals surface area contributed by atoms with Crippen molar-refractivity contribution in [1.82, 2.24) is 14.8 Å². The second-order valence-electron chi connectivity index (χ2n) is 3.33. The molecule has 0 spiro atoms. The number of nitrogens with zero attached hydrogens (tertiary/aromatic N) is 3. The molecule has 1 heterocycles. The first kappa shape index (κ1) is 10.5. The zero-order chi connectivity index (χ0) is 11.5. The lowest BCUT2D eigenvalue weighted by atomic mass is 10.2. The molecule has 0 amide bonds. The maximum Gasteiger partial charge on any atom is 0.221 e. The molecule has 0 aliphatic carbocycles. The van der Waals surface area contributed by atoms with E-state index in [4.69, 9.17) is 4.74 Å². The van der Waals surface area contributed by atoms with Gasteiger partial charge in [0.25, 0.3) is 0 Å². The van der Waals surface area contributed by atoms with Gasteiger partial charge in [-0.2, -0.15) is 4.98 Å². The van der Waals surface area contributed by atoms with Gasteiger partial charge >= 0.3 is 0 Å². The summed E-state index contributed by atoms with van der Waals surface area (Å²) in [5.41, 5.74) is 0.891. The summed E-state index contributed by atoms with van der Waals surface area (Å²) < 4.78 is 6.97. The van der Waals surface area contributed by atoms with E-state index in [0.29, 0.717) is 5.82 Å². The molecule has 1 aromatic heterocycles. The van der Waals surface area contributed by atoms with E-state index in [2.05, 4.69) is 15.4 Å². The maximum absolute atomic E-state index is 5.27. The van der Waals surface area contributed by atoms with Crippen LogP contribution >= 0.6 is 0 Å². The van der Waals surface area contributed by atoms with Gasteiger partial charge in [-0.15, -0.1) is 5.10 Å². The summed E-state index contributed by atoms with van der Waals surface area (Å²) in [7, 11) is 5.30. The van der Waals surface area contributed by atoms with Gasteiger partial charge in [-0.3, -0.25) is 0 Å². The lowest BCUT2D eigenvalue weighted by Gasteiger charge is -2.03. The molecule has 0 atom stereocenters. The van der Waals surface area contributed by atoms with E-state index in [1.165, 1.54) is 0 Å². The zero-order valence-electron chi connectivity index (χ0n) is 9.56. The predicted molar refractivity (Wildman–Crippen MR) is 62.5 cm³/mol. The van der Waals surface area contributed by atoms with E-state index in [0.717, 1.165) is 17.3 Å². The Balaban J connectivity index is 2.49. The smallest absolute Gasteiger partial charge is 0.221 e. The third-order valence-corrected chi connectivity index (χ3v) is 2.33. The quantitative estimate of drug-likeness (QED) is 0.848. The summed E-state index contributed by atoms with van der Waals surface area (Å²) in [6.07, 6.45) is 0. The van der Waals surface area contributed by atoms with E-state index >= 15 is 0 Å². The van der Waals surface area contributed by atoms with Crippen LogP contribution in [0, 0.1) is 0 Å². The normalized spacial score (nSPS) is 10.2. The number of para-hydroxylation sites is 1. The van der Waals surface area contributed by atoms with Crippen molar-refractivity contribution in [2.24, 2.45) is 7.05 Å². The second kappa shape index (κ2) is 4.22. The van der Waals surface area contributed by atoms with Crippen LogP contribution < -0.4 is 10.1 Å². The van der Waals surface area contributed by atoms with Gasteiger partial charge < -0.3 is 10.1 Å². The van der Waals surface area contributed by atoms with Crippen LogP contribution in [0.2, 0.25) is 0 Å². The van der Waals surface area contributed by atoms with Gasteiger partial charge in [0, 0.05) is 14.1 Å². The molecule has 2 aromatic rings. The Labute approximate surface area is 94.1 Å². The van der Waals surface area contributed by atoms with Crippen LogP contribution in [0.5, 0.6) is 5.75 Å². The van der Waals surface area contributed by atoms with E-state index in [9.17, 15) is 0 Å². The molecule has 1 N–H and O–H groups in total.